The molecule has 6 aliphatic rings. The van der Waals surface area contributed by atoms with Crippen molar-refractivity contribution in [2.45, 2.75) is 69.4 Å². The third kappa shape index (κ3) is 6.37. The maximum absolute atomic E-state index is 13.5. The van der Waals surface area contributed by atoms with E-state index in [0.717, 1.165) is 74.0 Å². The van der Waals surface area contributed by atoms with Gasteiger partial charge in [0.25, 0.3) is 17.7 Å². The van der Waals surface area contributed by atoms with Crippen molar-refractivity contribution >= 4 is 46.6 Å². The molecule has 0 saturated carbocycles. The third-order valence-corrected chi connectivity index (χ3v) is 11.6. The molecule has 9 rings (SSSR count). The fraction of sp³-hybridized carbons (Fsp3) is 0.447. The number of imide groups is 2. The zero-order valence-electron chi connectivity index (χ0n) is 30.1. The molecule has 2 bridgehead atoms. The number of carbonyl (C=O) groups excluding carboxylic acids is 5. The molecule has 6 aliphatic heterocycles. The predicted molar refractivity (Wildman–Crippen MR) is 191 cm³/mol. The van der Waals surface area contributed by atoms with Crippen molar-refractivity contribution < 1.29 is 37.1 Å². The van der Waals surface area contributed by atoms with Gasteiger partial charge in [-0.1, -0.05) is 0 Å². The normalized spacial score (nSPS) is 23.3. The molecule has 3 aromatic rings. The van der Waals surface area contributed by atoms with E-state index >= 15 is 0 Å². The Bertz CT molecular complexity index is 2170. The second kappa shape index (κ2) is 13.2. The second-order valence-corrected chi connectivity index (χ2v) is 15.5. The smallest absolute Gasteiger partial charge is 0.368 e. The van der Waals surface area contributed by atoms with Gasteiger partial charge in [-0.2, -0.15) is 23.5 Å². The summed E-state index contributed by atoms with van der Waals surface area (Å²) in [5.41, 5.74) is -0.813. The van der Waals surface area contributed by atoms with Gasteiger partial charge in [0, 0.05) is 68.8 Å². The van der Waals surface area contributed by atoms with Crippen LogP contribution in [0.1, 0.15) is 71.4 Å². The van der Waals surface area contributed by atoms with Gasteiger partial charge in [0.2, 0.25) is 11.8 Å². The van der Waals surface area contributed by atoms with E-state index < -0.39 is 58.4 Å². The number of nitrogens with zero attached hydrogens (tertiary/aromatic N) is 7. The fourth-order valence-corrected chi connectivity index (χ4v) is 8.43. The summed E-state index contributed by atoms with van der Waals surface area (Å²) < 4.78 is 42.1. The predicted octanol–water partition coefficient (Wildman–Crippen LogP) is 3.34. The van der Waals surface area contributed by atoms with Crippen LogP contribution in [0.5, 0.6) is 0 Å². The van der Waals surface area contributed by atoms with Crippen LogP contribution in [0.2, 0.25) is 0 Å². The molecule has 17 heteroatoms. The number of rotatable bonds is 7. The first-order valence-corrected chi connectivity index (χ1v) is 18.2. The van der Waals surface area contributed by atoms with Crippen molar-refractivity contribution in [3.05, 3.63) is 71.0 Å². The van der Waals surface area contributed by atoms with Crippen LogP contribution < -0.4 is 20.4 Å². The van der Waals surface area contributed by atoms with Gasteiger partial charge in [-0.05, 0) is 75.4 Å². The number of anilines is 3. The SMILES string of the molecule is CC(C)(C(=O)Nc1ccc(C#N)c(C(F)(F)F)c1)n1cc(N2CC3CCC(C2)N(C2CN(c4ccc5c(c4)C(=O)N(C4CCC(=O)NC4=O)C5=O)C2)C3)cn1. The molecular formula is C38H38F3N9O5. The second-order valence-electron chi connectivity index (χ2n) is 15.5. The number of nitrogens with one attached hydrogen (secondary N) is 2. The van der Waals surface area contributed by atoms with Gasteiger partial charge in [0.15, 0.2) is 0 Å². The van der Waals surface area contributed by atoms with Crippen molar-refractivity contribution in [2.75, 3.05) is 47.8 Å². The number of benzene rings is 2. The van der Waals surface area contributed by atoms with Gasteiger partial charge in [0.1, 0.15) is 11.6 Å². The average molecular weight is 758 g/mol. The number of piperidine rings is 2. The highest BCUT2D eigenvalue weighted by atomic mass is 19.4. The summed E-state index contributed by atoms with van der Waals surface area (Å²) in [6.45, 7) is 7.22. The molecule has 5 fully saturated rings. The van der Waals surface area contributed by atoms with Crippen molar-refractivity contribution in [3.8, 4) is 6.07 Å². The zero-order chi connectivity index (χ0) is 39.0. The molecule has 5 amide bonds. The molecule has 3 unspecified atom stereocenters. The number of halogens is 3. The number of alkyl halides is 3. The first kappa shape index (κ1) is 36.2. The summed E-state index contributed by atoms with van der Waals surface area (Å²) in [6, 6.07) is 9.32. The van der Waals surface area contributed by atoms with Gasteiger partial charge < -0.3 is 15.1 Å². The van der Waals surface area contributed by atoms with E-state index in [-0.39, 0.29) is 41.7 Å². The summed E-state index contributed by atoms with van der Waals surface area (Å²) >= 11 is 0. The van der Waals surface area contributed by atoms with E-state index in [2.05, 4.69) is 30.4 Å². The van der Waals surface area contributed by atoms with Crippen LogP contribution in [0.15, 0.2) is 48.8 Å². The van der Waals surface area contributed by atoms with Crippen LogP contribution in [-0.4, -0.2) is 100.0 Å². The highest BCUT2D eigenvalue weighted by Gasteiger charge is 2.46. The Morgan fingerprint density at radius 1 is 0.891 bits per heavy atom. The highest BCUT2D eigenvalue weighted by Crippen LogP contribution is 2.38. The summed E-state index contributed by atoms with van der Waals surface area (Å²) in [6.07, 6.45) is 1.00. The van der Waals surface area contributed by atoms with Gasteiger partial charge in [0.05, 0.1) is 40.2 Å². The van der Waals surface area contributed by atoms with E-state index in [1.807, 2.05) is 6.07 Å². The molecule has 0 spiro atoms. The lowest BCUT2D eigenvalue weighted by molar-refractivity contribution is -0.138. The van der Waals surface area contributed by atoms with Crippen LogP contribution in [-0.2, 0) is 26.1 Å². The number of fused-ring (bicyclic) bond motifs is 5. The van der Waals surface area contributed by atoms with Gasteiger partial charge in [-0.25, -0.2) is 0 Å². The Hall–Kier alpha value is -5.76. The fourth-order valence-electron chi connectivity index (χ4n) is 8.43. The number of hydrogen-bond acceptors (Lipinski definition) is 10. The van der Waals surface area contributed by atoms with E-state index in [1.54, 1.807) is 38.4 Å². The summed E-state index contributed by atoms with van der Waals surface area (Å²) in [7, 11) is 0. The van der Waals surface area contributed by atoms with Crippen molar-refractivity contribution in [2.24, 2.45) is 5.92 Å². The number of aromatic nitrogens is 2. The van der Waals surface area contributed by atoms with E-state index in [4.69, 9.17) is 5.26 Å². The lowest BCUT2D eigenvalue weighted by atomic mass is 9.91. The van der Waals surface area contributed by atoms with E-state index in [0.29, 0.717) is 5.92 Å². The van der Waals surface area contributed by atoms with Crippen molar-refractivity contribution in [1.82, 2.24) is 24.9 Å². The number of amides is 5. The minimum atomic E-state index is -4.75. The van der Waals surface area contributed by atoms with Crippen LogP contribution in [0, 0.1) is 17.2 Å². The molecule has 0 aliphatic carbocycles. The van der Waals surface area contributed by atoms with Crippen molar-refractivity contribution in [1.29, 1.82) is 5.26 Å². The quantitative estimate of drug-likeness (QED) is 0.342. The lowest BCUT2D eigenvalue weighted by Crippen LogP contribution is -2.64. The number of hydrogen-bond donors (Lipinski definition) is 2. The number of nitriles is 1. The Labute approximate surface area is 313 Å². The molecule has 286 valence electrons. The maximum atomic E-state index is 13.5. The lowest BCUT2D eigenvalue weighted by Gasteiger charge is -2.51. The average Bonchev–Trinajstić information content (AvgIpc) is 3.58. The minimum absolute atomic E-state index is 0.0583. The van der Waals surface area contributed by atoms with Crippen LogP contribution in [0.4, 0.5) is 30.2 Å². The Morgan fingerprint density at radius 2 is 1.62 bits per heavy atom. The first-order valence-electron chi connectivity index (χ1n) is 18.2. The molecule has 2 N–H and O–H groups in total. The maximum Gasteiger partial charge on any atom is 0.417 e. The van der Waals surface area contributed by atoms with E-state index in [9.17, 15) is 37.1 Å². The molecule has 2 aromatic carbocycles. The summed E-state index contributed by atoms with van der Waals surface area (Å²) in [5, 5.41) is 18.4. The third-order valence-electron chi connectivity index (χ3n) is 11.6. The van der Waals surface area contributed by atoms with Crippen LogP contribution >= 0.6 is 0 Å². The summed E-state index contributed by atoms with van der Waals surface area (Å²) in [4.78, 5) is 72.0. The van der Waals surface area contributed by atoms with E-state index in [1.165, 1.54) is 16.8 Å². The topological polar surface area (TPSA) is 164 Å². The Morgan fingerprint density at radius 3 is 2.35 bits per heavy atom. The molecule has 3 atom stereocenters. The van der Waals surface area contributed by atoms with Crippen molar-refractivity contribution in [3.63, 3.8) is 0 Å². The molecule has 7 heterocycles. The monoisotopic (exact) mass is 757 g/mol. The van der Waals surface area contributed by atoms with Crippen LogP contribution in [0.3, 0.4) is 0 Å². The number of carbonyl (C=O) groups is 5. The van der Waals surface area contributed by atoms with Gasteiger partial charge in [-0.15, -0.1) is 0 Å². The summed E-state index contributed by atoms with van der Waals surface area (Å²) in [5.74, 6) is -2.30. The molecular weight excluding hydrogens is 719 g/mol. The van der Waals surface area contributed by atoms with Gasteiger partial charge in [-0.3, -0.25) is 43.8 Å². The molecule has 0 radical (unpaired) electrons. The molecule has 55 heavy (non-hydrogen) atoms. The largest absolute Gasteiger partial charge is 0.417 e. The highest BCUT2D eigenvalue weighted by molar-refractivity contribution is 6.23. The molecule has 1 aromatic heterocycles. The van der Waals surface area contributed by atoms with Gasteiger partial charge >= 0.3 is 6.18 Å². The zero-order valence-corrected chi connectivity index (χ0v) is 30.1. The minimum Gasteiger partial charge on any atom is -0.368 e. The molecule has 14 nitrogen and oxygen atoms in total. The standard InChI is InChI=1S/C38H38F3N9O5/c1-37(2,36(55)44-23-5-4-22(13-42)30(11-23)38(39,40)41)49-20-26(14-43-49)46-15-21-3-6-25(17-46)48(16-21)27-18-47(19-27)24-7-8-28-29(12-24)35(54)50(34(28)53)31-9-10-32(51)45-33(31)52/h4-5,7-8,11-12,14,20-21,25,27,31H,3,6,9-10,15-19H2,1-2H3,(H,44,55)(H,45,51,52). The molecule has 5 saturated heterocycles. The first-order chi connectivity index (χ1) is 26.1. The Balaban J connectivity index is 0.904. The van der Waals surface area contributed by atoms with Crippen LogP contribution in [0.25, 0.3) is 0 Å². The Kier molecular flexibility index (Phi) is 8.71.